The van der Waals surface area contributed by atoms with Crippen LogP contribution in [0.4, 0.5) is 4.79 Å². The number of hydrogen-bond acceptors (Lipinski definition) is 3. The molecule has 2 fully saturated rings. The van der Waals surface area contributed by atoms with E-state index in [1.165, 1.54) is 4.88 Å². The molecule has 2 amide bonds. The summed E-state index contributed by atoms with van der Waals surface area (Å²) < 4.78 is 0. The van der Waals surface area contributed by atoms with Gasteiger partial charge < -0.3 is 14.9 Å². The average molecular weight is 308 g/mol. The van der Waals surface area contributed by atoms with Crippen molar-refractivity contribution in [3.05, 3.63) is 22.4 Å². The zero-order valence-corrected chi connectivity index (χ0v) is 12.7. The van der Waals surface area contributed by atoms with E-state index in [0.29, 0.717) is 38.5 Å². The lowest BCUT2D eigenvalue weighted by Gasteiger charge is -2.34. The standard InChI is InChI=1S/C15H20N2O3S/c18-14(19)11-5-7-16(8-6-11)15(20)17(12-3-4-12)10-13-2-1-9-21-13/h1-2,9,11-12H,3-8,10H2,(H,18,19). The van der Waals surface area contributed by atoms with Gasteiger partial charge in [-0.2, -0.15) is 0 Å². The lowest BCUT2D eigenvalue weighted by atomic mass is 9.97. The minimum atomic E-state index is -0.736. The molecule has 0 bridgehead atoms. The van der Waals surface area contributed by atoms with E-state index in [2.05, 4.69) is 6.07 Å². The smallest absolute Gasteiger partial charge is 0.320 e. The second kappa shape index (κ2) is 6.05. The van der Waals surface area contributed by atoms with Crippen LogP contribution < -0.4 is 0 Å². The number of rotatable bonds is 4. The van der Waals surface area contributed by atoms with Crippen LogP contribution in [0.25, 0.3) is 0 Å². The summed E-state index contributed by atoms with van der Waals surface area (Å²) in [5, 5.41) is 11.1. The highest BCUT2D eigenvalue weighted by atomic mass is 32.1. The summed E-state index contributed by atoms with van der Waals surface area (Å²) in [6.45, 7) is 1.80. The lowest BCUT2D eigenvalue weighted by molar-refractivity contribution is -0.143. The highest BCUT2D eigenvalue weighted by Gasteiger charge is 2.36. The Hall–Kier alpha value is -1.56. The van der Waals surface area contributed by atoms with E-state index in [1.54, 1.807) is 11.3 Å². The van der Waals surface area contributed by atoms with Crippen LogP contribution in [0.15, 0.2) is 17.5 Å². The molecule has 0 spiro atoms. The number of hydrogen-bond donors (Lipinski definition) is 1. The Morgan fingerprint density at radius 1 is 1.29 bits per heavy atom. The molecule has 1 saturated heterocycles. The van der Waals surface area contributed by atoms with Crippen LogP contribution in [0.2, 0.25) is 0 Å². The normalized spacial score (nSPS) is 19.5. The molecule has 2 aliphatic rings. The first-order valence-corrected chi connectivity index (χ1v) is 8.34. The number of carbonyl (C=O) groups is 2. The summed E-state index contributed by atoms with van der Waals surface area (Å²) in [5.74, 6) is -1.03. The molecule has 114 valence electrons. The van der Waals surface area contributed by atoms with E-state index in [4.69, 9.17) is 5.11 Å². The van der Waals surface area contributed by atoms with Crippen LogP contribution in [-0.4, -0.2) is 46.0 Å². The molecule has 1 saturated carbocycles. The fourth-order valence-corrected chi connectivity index (χ4v) is 3.51. The van der Waals surface area contributed by atoms with E-state index in [-0.39, 0.29) is 11.9 Å². The van der Waals surface area contributed by atoms with Gasteiger partial charge in [-0.3, -0.25) is 4.79 Å². The number of likely N-dealkylation sites (tertiary alicyclic amines) is 1. The predicted octanol–water partition coefficient (Wildman–Crippen LogP) is 2.63. The monoisotopic (exact) mass is 308 g/mol. The number of thiophene rings is 1. The molecule has 0 unspecified atom stereocenters. The van der Waals surface area contributed by atoms with Crippen molar-refractivity contribution in [1.29, 1.82) is 0 Å². The molecular weight excluding hydrogens is 288 g/mol. The Morgan fingerprint density at radius 2 is 2.00 bits per heavy atom. The summed E-state index contributed by atoms with van der Waals surface area (Å²) in [6.07, 6.45) is 3.31. The Kier molecular flexibility index (Phi) is 4.14. The molecular formula is C15H20N2O3S. The van der Waals surface area contributed by atoms with E-state index < -0.39 is 5.97 Å². The Balaban J connectivity index is 1.61. The molecule has 2 heterocycles. The second-order valence-corrected chi connectivity index (χ2v) is 6.85. The van der Waals surface area contributed by atoms with Gasteiger partial charge in [-0.1, -0.05) is 6.07 Å². The molecule has 1 aromatic rings. The van der Waals surface area contributed by atoms with Crippen molar-refractivity contribution in [2.24, 2.45) is 5.92 Å². The van der Waals surface area contributed by atoms with Gasteiger partial charge in [-0.15, -0.1) is 11.3 Å². The highest BCUT2D eigenvalue weighted by molar-refractivity contribution is 7.09. The summed E-state index contributed by atoms with van der Waals surface area (Å²) in [7, 11) is 0. The fourth-order valence-electron chi connectivity index (χ4n) is 2.81. The molecule has 0 radical (unpaired) electrons. The molecule has 1 aliphatic heterocycles. The van der Waals surface area contributed by atoms with Crippen LogP contribution in [0.1, 0.15) is 30.6 Å². The first-order valence-electron chi connectivity index (χ1n) is 7.46. The third kappa shape index (κ3) is 3.37. The summed E-state index contributed by atoms with van der Waals surface area (Å²) >= 11 is 1.67. The third-order valence-corrected chi connectivity index (χ3v) is 5.12. The van der Waals surface area contributed by atoms with Gasteiger partial charge in [0.1, 0.15) is 0 Å². The van der Waals surface area contributed by atoms with E-state index in [9.17, 15) is 9.59 Å². The first-order chi connectivity index (χ1) is 10.1. The molecule has 6 heteroatoms. The maximum absolute atomic E-state index is 12.7. The van der Waals surface area contributed by atoms with Gasteiger partial charge in [0.05, 0.1) is 12.5 Å². The molecule has 1 N–H and O–H groups in total. The van der Waals surface area contributed by atoms with Crippen molar-refractivity contribution in [2.45, 2.75) is 38.3 Å². The number of carboxylic acids is 1. The van der Waals surface area contributed by atoms with E-state index in [1.807, 2.05) is 21.2 Å². The van der Waals surface area contributed by atoms with Crippen LogP contribution >= 0.6 is 11.3 Å². The lowest BCUT2D eigenvalue weighted by Crippen LogP contribution is -2.47. The van der Waals surface area contributed by atoms with E-state index in [0.717, 1.165) is 12.8 Å². The quantitative estimate of drug-likeness (QED) is 0.930. The molecule has 1 aliphatic carbocycles. The van der Waals surface area contributed by atoms with Crippen LogP contribution in [0.3, 0.4) is 0 Å². The molecule has 0 atom stereocenters. The Bertz CT molecular complexity index is 505. The van der Waals surface area contributed by atoms with Gasteiger partial charge in [0.2, 0.25) is 0 Å². The van der Waals surface area contributed by atoms with Crippen LogP contribution in [0.5, 0.6) is 0 Å². The number of carbonyl (C=O) groups excluding carboxylic acids is 1. The highest BCUT2D eigenvalue weighted by Crippen LogP contribution is 2.31. The van der Waals surface area contributed by atoms with Gasteiger partial charge in [0.15, 0.2) is 0 Å². The van der Waals surface area contributed by atoms with Gasteiger partial charge in [-0.25, -0.2) is 4.79 Å². The van der Waals surface area contributed by atoms with Gasteiger partial charge in [0.25, 0.3) is 0 Å². The zero-order valence-electron chi connectivity index (χ0n) is 11.9. The average Bonchev–Trinajstić information content (AvgIpc) is 3.20. The van der Waals surface area contributed by atoms with Crippen LogP contribution in [0, 0.1) is 5.92 Å². The molecule has 5 nitrogen and oxygen atoms in total. The summed E-state index contributed by atoms with van der Waals surface area (Å²) in [4.78, 5) is 28.7. The van der Waals surface area contributed by atoms with Crippen molar-refractivity contribution in [2.75, 3.05) is 13.1 Å². The van der Waals surface area contributed by atoms with Crippen molar-refractivity contribution < 1.29 is 14.7 Å². The molecule has 1 aromatic heterocycles. The number of nitrogens with zero attached hydrogens (tertiary/aromatic N) is 2. The second-order valence-electron chi connectivity index (χ2n) is 5.82. The number of amides is 2. The zero-order chi connectivity index (χ0) is 14.8. The molecule has 0 aromatic carbocycles. The largest absolute Gasteiger partial charge is 0.481 e. The number of piperidine rings is 1. The minimum absolute atomic E-state index is 0.0785. The Labute approximate surface area is 128 Å². The van der Waals surface area contributed by atoms with Crippen LogP contribution in [-0.2, 0) is 11.3 Å². The van der Waals surface area contributed by atoms with Gasteiger partial charge in [-0.05, 0) is 37.1 Å². The number of carboxylic acid groups (broad SMARTS) is 1. The third-order valence-electron chi connectivity index (χ3n) is 4.25. The number of urea groups is 1. The minimum Gasteiger partial charge on any atom is -0.481 e. The maximum atomic E-state index is 12.7. The summed E-state index contributed by atoms with van der Waals surface area (Å²) in [5.41, 5.74) is 0. The van der Waals surface area contributed by atoms with Crippen molar-refractivity contribution in [1.82, 2.24) is 9.80 Å². The first kappa shape index (κ1) is 14.4. The van der Waals surface area contributed by atoms with E-state index >= 15 is 0 Å². The fraction of sp³-hybridized carbons (Fsp3) is 0.600. The van der Waals surface area contributed by atoms with Gasteiger partial charge >= 0.3 is 12.0 Å². The number of aliphatic carboxylic acids is 1. The summed E-state index contributed by atoms with van der Waals surface area (Å²) in [6, 6.07) is 4.52. The molecule has 3 rings (SSSR count). The Morgan fingerprint density at radius 3 is 2.52 bits per heavy atom. The van der Waals surface area contributed by atoms with Gasteiger partial charge in [0, 0.05) is 24.0 Å². The van der Waals surface area contributed by atoms with Crippen molar-refractivity contribution in [3.8, 4) is 0 Å². The maximum Gasteiger partial charge on any atom is 0.320 e. The topological polar surface area (TPSA) is 60.9 Å². The SMILES string of the molecule is O=C(O)C1CCN(C(=O)N(Cc2cccs2)C2CC2)CC1. The molecule has 21 heavy (non-hydrogen) atoms. The van der Waals surface area contributed by atoms with Crippen molar-refractivity contribution >= 4 is 23.3 Å². The predicted molar refractivity (Wildman–Crippen MR) is 80.2 cm³/mol. The van der Waals surface area contributed by atoms with Crippen molar-refractivity contribution in [3.63, 3.8) is 0 Å².